The molecule has 3 heteroatoms. The van der Waals surface area contributed by atoms with Crippen LogP contribution in [0.25, 0.3) is 0 Å². The van der Waals surface area contributed by atoms with Gasteiger partial charge in [-0.3, -0.25) is 0 Å². The number of aromatic nitrogens is 1. The molecule has 1 heterocycles. The fourth-order valence-electron chi connectivity index (χ4n) is 2.55. The summed E-state index contributed by atoms with van der Waals surface area (Å²) in [4.78, 5) is 4.44. The summed E-state index contributed by atoms with van der Waals surface area (Å²) in [7, 11) is 1.57. The molecule has 0 saturated heterocycles. The summed E-state index contributed by atoms with van der Waals surface area (Å²) in [6.45, 7) is 0. The molecular weight excluding hydrogens is 274 g/mol. The summed E-state index contributed by atoms with van der Waals surface area (Å²) in [5.74, 6) is 0.475. The van der Waals surface area contributed by atoms with E-state index in [9.17, 15) is 5.11 Å². The molecule has 0 amide bonds. The van der Waals surface area contributed by atoms with Crippen molar-refractivity contribution in [3.05, 3.63) is 95.7 Å². The van der Waals surface area contributed by atoms with Crippen LogP contribution in [0.5, 0.6) is 5.88 Å². The topological polar surface area (TPSA) is 42.4 Å². The van der Waals surface area contributed by atoms with Gasteiger partial charge in [0, 0.05) is 6.07 Å². The lowest BCUT2D eigenvalue weighted by Crippen LogP contribution is -2.30. The Morgan fingerprint density at radius 1 is 0.773 bits per heavy atom. The zero-order valence-corrected chi connectivity index (χ0v) is 12.3. The highest BCUT2D eigenvalue weighted by Crippen LogP contribution is 2.35. The molecule has 0 aliphatic carbocycles. The van der Waals surface area contributed by atoms with E-state index in [-0.39, 0.29) is 0 Å². The molecule has 22 heavy (non-hydrogen) atoms. The number of ether oxygens (including phenoxy) is 1. The van der Waals surface area contributed by atoms with E-state index in [2.05, 4.69) is 4.98 Å². The second-order valence-electron chi connectivity index (χ2n) is 5.01. The van der Waals surface area contributed by atoms with Gasteiger partial charge in [0.15, 0.2) is 5.60 Å². The van der Waals surface area contributed by atoms with E-state index < -0.39 is 5.60 Å². The second-order valence-corrected chi connectivity index (χ2v) is 5.01. The molecule has 0 atom stereocenters. The molecule has 0 bridgehead atoms. The number of hydrogen-bond donors (Lipinski definition) is 1. The molecule has 0 fully saturated rings. The van der Waals surface area contributed by atoms with Gasteiger partial charge < -0.3 is 9.84 Å². The van der Waals surface area contributed by atoms with Crippen LogP contribution in [0.1, 0.15) is 16.8 Å². The van der Waals surface area contributed by atoms with Gasteiger partial charge in [-0.2, -0.15) is 0 Å². The smallest absolute Gasteiger partial charge is 0.213 e. The molecule has 0 saturated carbocycles. The number of aliphatic hydroxyl groups is 1. The normalized spacial score (nSPS) is 11.2. The van der Waals surface area contributed by atoms with E-state index in [1.807, 2.05) is 72.8 Å². The first-order chi connectivity index (χ1) is 10.7. The fourth-order valence-corrected chi connectivity index (χ4v) is 2.55. The van der Waals surface area contributed by atoms with Crippen molar-refractivity contribution in [1.29, 1.82) is 0 Å². The Kier molecular flexibility index (Phi) is 3.90. The Bertz CT molecular complexity index is 702. The third-order valence-electron chi connectivity index (χ3n) is 3.69. The van der Waals surface area contributed by atoms with Crippen molar-refractivity contribution in [3.8, 4) is 5.88 Å². The van der Waals surface area contributed by atoms with Crippen molar-refractivity contribution < 1.29 is 9.84 Å². The van der Waals surface area contributed by atoms with Crippen molar-refractivity contribution >= 4 is 0 Å². The predicted octanol–water partition coefficient (Wildman–Crippen LogP) is 3.37. The Morgan fingerprint density at radius 2 is 1.32 bits per heavy atom. The van der Waals surface area contributed by atoms with E-state index in [0.29, 0.717) is 11.6 Å². The largest absolute Gasteiger partial charge is 0.481 e. The maximum atomic E-state index is 11.5. The summed E-state index contributed by atoms with van der Waals surface area (Å²) in [6, 6.07) is 24.5. The minimum absolute atomic E-state index is 0.475. The lowest BCUT2D eigenvalue weighted by atomic mass is 9.83. The van der Waals surface area contributed by atoms with Gasteiger partial charge in [0.25, 0.3) is 0 Å². The predicted molar refractivity (Wildman–Crippen MR) is 85.8 cm³/mol. The lowest BCUT2D eigenvalue weighted by molar-refractivity contribution is 0.120. The van der Waals surface area contributed by atoms with Crippen LogP contribution in [-0.2, 0) is 5.60 Å². The molecular formula is C19H17NO2. The second kappa shape index (κ2) is 6.00. The number of rotatable bonds is 4. The van der Waals surface area contributed by atoms with Crippen LogP contribution in [0, 0.1) is 0 Å². The first kappa shape index (κ1) is 14.3. The number of pyridine rings is 1. The van der Waals surface area contributed by atoms with Crippen LogP contribution in [0.15, 0.2) is 78.9 Å². The summed E-state index contributed by atoms with van der Waals surface area (Å²) in [6.07, 6.45) is 0. The van der Waals surface area contributed by atoms with Crippen molar-refractivity contribution in [1.82, 2.24) is 4.98 Å². The standard InChI is InChI=1S/C19H17NO2/c1-22-18-14-8-13-17(20-18)19(21,15-9-4-2-5-10-15)16-11-6-3-7-12-16/h2-14,21H,1H3. The Hall–Kier alpha value is -2.65. The van der Waals surface area contributed by atoms with Crippen LogP contribution < -0.4 is 4.74 Å². The number of benzene rings is 2. The van der Waals surface area contributed by atoms with E-state index >= 15 is 0 Å². The van der Waals surface area contributed by atoms with Gasteiger partial charge in [-0.25, -0.2) is 4.98 Å². The van der Waals surface area contributed by atoms with Crippen LogP contribution in [-0.4, -0.2) is 17.2 Å². The van der Waals surface area contributed by atoms with Crippen LogP contribution in [0.3, 0.4) is 0 Å². The summed E-state index contributed by atoms with van der Waals surface area (Å²) in [5.41, 5.74) is 0.741. The highest BCUT2D eigenvalue weighted by atomic mass is 16.5. The van der Waals surface area contributed by atoms with E-state index in [4.69, 9.17) is 4.74 Å². The zero-order chi connectivity index (χ0) is 15.4. The first-order valence-electron chi connectivity index (χ1n) is 7.10. The van der Waals surface area contributed by atoms with E-state index in [1.54, 1.807) is 13.2 Å². The fraction of sp³-hybridized carbons (Fsp3) is 0.105. The molecule has 3 rings (SSSR count). The molecule has 110 valence electrons. The third-order valence-corrected chi connectivity index (χ3v) is 3.69. The van der Waals surface area contributed by atoms with E-state index in [0.717, 1.165) is 11.1 Å². The van der Waals surface area contributed by atoms with Gasteiger partial charge in [0.2, 0.25) is 5.88 Å². The Balaban J connectivity index is 2.23. The molecule has 0 aliphatic heterocycles. The zero-order valence-electron chi connectivity index (χ0n) is 12.3. The van der Waals surface area contributed by atoms with Gasteiger partial charge in [-0.05, 0) is 17.2 Å². The van der Waals surface area contributed by atoms with Crippen molar-refractivity contribution in [3.63, 3.8) is 0 Å². The minimum Gasteiger partial charge on any atom is -0.481 e. The average molecular weight is 291 g/mol. The van der Waals surface area contributed by atoms with Gasteiger partial charge in [-0.15, -0.1) is 0 Å². The van der Waals surface area contributed by atoms with Crippen molar-refractivity contribution in [2.45, 2.75) is 5.60 Å². The molecule has 1 N–H and O–H groups in total. The molecule has 0 unspecified atom stereocenters. The summed E-state index contributed by atoms with van der Waals surface area (Å²) >= 11 is 0. The number of methoxy groups -OCH3 is 1. The monoisotopic (exact) mass is 291 g/mol. The molecule has 1 aromatic heterocycles. The highest BCUT2D eigenvalue weighted by Gasteiger charge is 2.35. The maximum Gasteiger partial charge on any atom is 0.213 e. The molecule has 0 radical (unpaired) electrons. The molecule has 0 aliphatic rings. The van der Waals surface area contributed by atoms with Crippen molar-refractivity contribution in [2.24, 2.45) is 0 Å². The van der Waals surface area contributed by atoms with Crippen LogP contribution >= 0.6 is 0 Å². The third kappa shape index (κ3) is 2.47. The van der Waals surface area contributed by atoms with Gasteiger partial charge >= 0.3 is 0 Å². The van der Waals surface area contributed by atoms with Crippen LogP contribution in [0.4, 0.5) is 0 Å². The molecule has 0 spiro atoms. The Morgan fingerprint density at radius 3 is 1.82 bits per heavy atom. The van der Waals surface area contributed by atoms with E-state index in [1.165, 1.54) is 0 Å². The molecule has 3 aromatic rings. The van der Waals surface area contributed by atoms with Crippen LogP contribution in [0.2, 0.25) is 0 Å². The molecule has 3 nitrogen and oxygen atoms in total. The van der Waals surface area contributed by atoms with Crippen molar-refractivity contribution in [2.75, 3.05) is 7.11 Å². The maximum absolute atomic E-state index is 11.5. The summed E-state index contributed by atoms with van der Waals surface area (Å²) < 4.78 is 5.20. The number of nitrogens with zero attached hydrogens (tertiary/aromatic N) is 1. The Labute approximate surface area is 129 Å². The highest BCUT2D eigenvalue weighted by molar-refractivity contribution is 5.44. The van der Waals surface area contributed by atoms with Gasteiger partial charge in [0.1, 0.15) is 0 Å². The molecule has 2 aromatic carbocycles. The SMILES string of the molecule is COc1cccc(C(O)(c2ccccc2)c2ccccc2)n1. The van der Waals surface area contributed by atoms with Gasteiger partial charge in [0.05, 0.1) is 12.8 Å². The average Bonchev–Trinajstić information content (AvgIpc) is 2.62. The summed E-state index contributed by atoms with van der Waals surface area (Å²) in [5, 5.41) is 11.5. The lowest BCUT2D eigenvalue weighted by Gasteiger charge is -2.29. The number of hydrogen-bond acceptors (Lipinski definition) is 3. The minimum atomic E-state index is -1.32. The first-order valence-corrected chi connectivity index (χ1v) is 7.10. The van der Waals surface area contributed by atoms with Gasteiger partial charge in [-0.1, -0.05) is 66.7 Å². The quantitative estimate of drug-likeness (QED) is 0.801.